The van der Waals surface area contributed by atoms with Crippen molar-refractivity contribution in [3.63, 3.8) is 0 Å². The van der Waals surface area contributed by atoms with Crippen LogP contribution in [-0.2, 0) is 9.53 Å². The number of amides is 1. The van der Waals surface area contributed by atoms with E-state index in [4.69, 9.17) is 9.47 Å². The topological polar surface area (TPSA) is 90.4 Å². The number of para-hydroxylation sites is 1. The monoisotopic (exact) mass is 365 g/mol. The first-order chi connectivity index (χ1) is 13.1. The van der Waals surface area contributed by atoms with E-state index in [1.165, 1.54) is 6.20 Å². The molecule has 0 bridgehead atoms. The number of aromatic nitrogens is 2. The van der Waals surface area contributed by atoms with Gasteiger partial charge in [-0.05, 0) is 42.8 Å². The van der Waals surface area contributed by atoms with E-state index in [1.54, 1.807) is 62.7 Å². The van der Waals surface area contributed by atoms with Crippen molar-refractivity contribution >= 4 is 28.6 Å². The Bertz CT molecular complexity index is 952. The van der Waals surface area contributed by atoms with Crippen LogP contribution < -0.4 is 10.1 Å². The van der Waals surface area contributed by atoms with Gasteiger partial charge in [0, 0.05) is 18.1 Å². The minimum Gasteiger partial charge on any atom is -0.497 e. The highest BCUT2D eigenvalue weighted by Gasteiger charge is 2.23. The number of rotatable bonds is 6. The van der Waals surface area contributed by atoms with E-state index in [0.717, 1.165) is 0 Å². The Kier molecular flexibility index (Phi) is 5.61. The van der Waals surface area contributed by atoms with Gasteiger partial charge in [0.25, 0.3) is 5.91 Å². The average Bonchev–Trinajstić information content (AvgIpc) is 2.71. The maximum Gasteiger partial charge on any atom is 0.341 e. The molecule has 1 aromatic heterocycles. The first kappa shape index (κ1) is 18.3. The van der Waals surface area contributed by atoms with Crippen LogP contribution in [0.3, 0.4) is 0 Å². The molecule has 3 aromatic rings. The van der Waals surface area contributed by atoms with E-state index in [-0.39, 0.29) is 5.56 Å². The van der Waals surface area contributed by atoms with Gasteiger partial charge in [-0.1, -0.05) is 13.0 Å². The average molecular weight is 365 g/mol. The van der Waals surface area contributed by atoms with Crippen LogP contribution in [0.15, 0.2) is 54.9 Å². The van der Waals surface area contributed by atoms with Gasteiger partial charge in [-0.3, -0.25) is 14.8 Å². The molecule has 3 rings (SSSR count). The zero-order valence-electron chi connectivity index (χ0n) is 15.0. The van der Waals surface area contributed by atoms with E-state index < -0.39 is 18.0 Å². The Morgan fingerprint density at radius 3 is 2.52 bits per heavy atom. The summed E-state index contributed by atoms with van der Waals surface area (Å²) in [5, 5.41) is 2.74. The summed E-state index contributed by atoms with van der Waals surface area (Å²) in [5.74, 6) is -0.330. The molecular weight excluding hydrogens is 346 g/mol. The van der Waals surface area contributed by atoms with Crippen molar-refractivity contribution in [2.45, 2.75) is 19.4 Å². The van der Waals surface area contributed by atoms with Gasteiger partial charge in [0.1, 0.15) is 11.3 Å². The number of carbonyl (C=O) groups is 2. The van der Waals surface area contributed by atoms with Crippen molar-refractivity contribution in [1.29, 1.82) is 0 Å². The molecule has 0 saturated carbocycles. The second kappa shape index (κ2) is 8.27. The van der Waals surface area contributed by atoms with Gasteiger partial charge in [-0.15, -0.1) is 0 Å². The number of hydrogen-bond acceptors (Lipinski definition) is 6. The number of anilines is 1. The smallest absolute Gasteiger partial charge is 0.341 e. The number of nitrogens with one attached hydrogen (secondary N) is 1. The summed E-state index contributed by atoms with van der Waals surface area (Å²) >= 11 is 0. The number of hydrogen-bond donors (Lipinski definition) is 1. The Morgan fingerprint density at radius 2 is 1.81 bits per heavy atom. The summed E-state index contributed by atoms with van der Waals surface area (Å²) in [5.41, 5.74) is 1.89. The molecule has 1 atom stereocenters. The zero-order valence-corrected chi connectivity index (χ0v) is 15.0. The Balaban J connectivity index is 1.73. The summed E-state index contributed by atoms with van der Waals surface area (Å²) in [6.07, 6.45) is 2.47. The Labute approximate surface area is 156 Å². The fourth-order valence-corrected chi connectivity index (χ4v) is 2.57. The molecule has 27 heavy (non-hydrogen) atoms. The molecule has 0 aliphatic rings. The predicted octanol–water partition coefficient (Wildman–Crippen LogP) is 3.21. The molecule has 1 heterocycles. The van der Waals surface area contributed by atoms with E-state index in [9.17, 15) is 9.59 Å². The Hall–Kier alpha value is -3.48. The molecule has 0 aliphatic heterocycles. The lowest BCUT2D eigenvalue weighted by molar-refractivity contribution is -0.124. The quantitative estimate of drug-likeness (QED) is 0.675. The van der Waals surface area contributed by atoms with Crippen molar-refractivity contribution in [3.05, 3.63) is 60.4 Å². The van der Waals surface area contributed by atoms with Crippen LogP contribution >= 0.6 is 0 Å². The van der Waals surface area contributed by atoms with Crippen LogP contribution in [-0.4, -0.2) is 35.1 Å². The third-order valence-corrected chi connectivity index (χ3v) is 3.99. The van der Waals surface area contributed by atoms with E-state index >= 15 is 0 Å². The van der Waals surface area contributed by atoms with Crippen LogP contribution in [0.2, 0.25) is 0 Å². The van der Waals surface area contributed by atoms with Crippen molar-refractivity contribution in [1.82, 2.24) is 9.97 Å². The molecule has 1 N–H and O–H groups in total. The lowest BCUT2D eigenvalue weighted by Gasteiger charge is -2.16. The van der Waals surface area contributed by atoms with Crippen molar-refractivity contribution < 1.29 is 19.1 Å². The lowest BCUT2D eigenvalue weighted by Crippen LogP contribution is -2.32. The maximum absolute atomic E-state index is 12.6. The molecule has 0 saturated heterocycles. The van der Waals surface area contributed by atoms with Crippen LogP contribution in [0.5, 0.6) is 5.75 Å². The van der Waals surface area contributed by atoms with Crippen molar-refractivity contribution in [3.8, 4) is 5.75 Å². The Morgan fingerprint density at radius 1 is 1.07 bits per heavy atom. The van der Waals surface area contributed by atoms with E-state index in [0.29, 0.717) is 28.9 Å². The molecule has 0 radical (unpaired) electrons. The number of carbonyl (C=O) groups excluding carboxylic acids is 2. The molecule has 1 amide bonds. The van der Waals surface area contributed by atoms with Crippen LogP contribution in [0, 0.1) is 0 Å². The third-order valence-electron chi connectivity index (χ3n) is 3.99. The molecule has 138 valence electrons. The van der Waals surface area contributed by atoms with Crippen molar-refractivity contribution in [2.24, 2.45) is 0 Å². The van der Waals surface area contributed by atoms with Gasteiger partial charge < -0.3 is 14.8 Å². The first-order valence-corrected chi connectivity index (χ1v) is 8.48. The van der Waals surface area contributed by atoms with E-state index in [1.807, 2.05) is 0 Å². The number of esters is 1. The molecule has 0 fully saturated rings. The van der Waals surface area contributed by atoms with Gasteiger partial charge in [0.05, 0.1) is 18.2 Å². The first-order valence-electron chi connectivity index (χ1n) is 8.48. The fourth-order valence-electron chi connectivity index (χ4n) is 2.57. The third kappa shape index (κ3) is 4.20. The predicted molar refractivity (Wildman–Crippen MR) is 101 cm³/mol. The zero-order chi connectivity index (χ0) is 19.2. The van der Waals surface area contributed by atoms with Gasteiger partial charge in [-0.2, -0.15) is 0 Å². The minimum absolute atomic E-state index is 0.274. The van der Waals surface area contributed by atoms with Gasteiger partial charge in [0.2, 0.25) is 0 Å². The molecule has 0 spiro atoms. The summed E-state index contributed by atoms with van der Waals surface area (Å²) in [7, 11) is 1.57. The van der Waals surface area contributed by atoms with Gasteiger partial charge in [0.15, 0.2) is 6.10 Å². The molecule has 0 aliphatic carbocycles. The fraction of sp³-hybridized carbons (Fsp3) is 0.200. The molecular formula is C20H19N3O4. The number of nitrogens with zero attached hydrogens (tertiary/aromatic N) is 2. The number of methoxy groups -OCH3 is 1. The molecule has 2 aromatic carbocycles. The summed E-state index contributed by atoms with van der Waals surface area (Å²) in [6.45, 7) is 1.77. The highest BCUT2D eigenvalue weighted by Crippen LogP contribution is 2.18. The highest BCUT2D eigenvalue weighted by atomic mass is 16.5. The second-order valence-electron chi connectivity index (χ2n) is 5.75. The second-order valence-corrected chi connectivity index (χ2v) is 5.75. The van der Waals surface area contributed by atoms with Gasteiger partial charge in [-0.25, -0.2) is 4.79 Å². The van der Waals surface area contributed by atoms with Crippen LogP contribution in [0.1, 0.15) is 23.7 Å². The maximum atomic E-state index is 12.6. The standard InChI is InChI=1S/C20H19N3O4/c1-3-17(19(24)23-13-7-9-14(26-2)10-8-13)27-20(25)15-5-4-6-16-18(15)22-12-11-21-16/h4-12,17H,3H2,1-2H3,(H,23,24). The molecule has 7 heteroatoms. The SMILES string of the molecule is CCC(OC(=O)c1cccc2nccnc12)C(=O)Nc1ccc(OC)cc1. The minimum atomic E-state index is -0.925. The lowest BCUT2D eigenvalue weighted by atomic mass is 10.1. The van der Waals surface area contributed by atoms with Gasteiger partial charge >= 0.3 is 5.97 Å². The molecule has 1 unspecified atom stereocenters. The summed E-state index contributed by atoms with van der Waals surface area (Å²) in [6, 6.07) is 12.0. The summed E-state index contributed by atoms with van der Waals surface area (Å²) in [4.78, 5) is 33.4. The normalized spacial score (nSPS) is 11.6. The van der Waals surface area contributed by atoms with Crippen LogP contribution in [0.25, 0.3) is 11.0 Å². The van der Waals surface area contributed by atoms with Crippen molar-refractivity contribution in [2.75, 3.05) is 12.4 Å². The van der Waals surface area contributed by atoms with Crippen LogP contribution in [0.4, 0.5) is 5.69 Å². The highest BCUT2D eigenvalue weighted by molar-refractivity contribution is 6.03. The number of fused-ring (bicyclic) bond motifs is 1. The number of ether oxygens (including phenoxy) is 2. The summed E-state index contributed by atoms with van der Waals surface area (Å²) < 4.78 is 10.5. The number of benzene rings is 2. The molecule has 7 nitrogen and oxygen atoms in total. The largest absolute Gasteiger partial charge is 0.497 e. The van der Waals surface area contributed by atoms with E-state index in [2.05, 4.69) is 15.3 Å².